The fraction of sp³-hybridized carbons (Fsp3) is 1.00. The Morgan fingerprint density at radius 2 is 1.67 bits per heavy atom. The minimum absolute atomic E-state index is 0.102. The molecule has 0 aromatic heterocycles. The van der Waals surface area contributed by atoms with E-state index in [1.54, 1.807) is 21.1 Å². The molecule has 2 atom stereocenters. The fourth-order valence-electron chi connectivity index (χ4n) is 0.998. The molecule has 0 saturated heterocycles. The summed E-state index contributed by atoms with van der Waals surface area (Å²) in [6, 6.07) is -0.410. The Morgan fingerprint density at radius 1 is 1.25 bits per heavy atom. The molecule has 2 unspecified atom stereocenters. The van der Waals surface area contributed by atoms with Gasteiger partial charge < -0.3 is 20.9 Å². The van der Waals surface area contributed by atoms with Crippen LogP contribution in [0, 0.1) is 0 Å². The number of nitrogens with two attached hydrogens (primary N) is 2. The van der Waals surface area contributed by atoms with Crippen LogP contribution in [0.2, 0.25) is 0 Å². The summed E-state index contributed by atoms with van der Waals surface area (Å²) < 4.78 is 10.3. The summed E-state index contributed by atoms with van der Waals surface area (Å²) in [5.74, 6) is -0.782. The van der Waals surface area contributed by atoms with Gasteiger partial charge in [-0.2, -0.15) is 0 Å². The van der Waals surface area contributed by atoms with Crippen LogP contribution in [0.5, 0.6) is 0 Å². The summed E-state index contributed by atoms with van der Waals surface area (Å²) in [6.45, 7) is 3.77. The number of hydrogen-bond donors (Lipinski definition) is 2. The van der Waals surface area contributed by atoms with E-state index in [9.17, 15) is 0 Å². The van der Waals surface area contributed by atoms with Gasteiger partial charge in [-0.1, -0.05) is 6.92 Å². The van der Waals surface area contributed by atoms with E-state index < -0.39 is 5.79 Å². The third-order valence-corrected chi connectivity index (χ3v) is 2.35. The van der Waals surface area contributed by atoms with Crippen molar-refractivity contribution in [1.82, 2.24) is 0 Å². The zero-order chi connectivity index (χ0) is 9.78. The smallest absolute Gasteiger partial charge is 0.181 e. The average molecular weight is 176 g/mol. The molecule has 4 N–H and O–H groups in total. The van der Waals surface area contributed by atoms with E-state index in [2.05, 4.69) is 0 Å². The summed E-state index contributed by atoms with van der Waals surface area (Å²) in [6.07, 6.45) is 0.809. The predicted molar refractivity (Wildman–Crippen MR) is 48.7 cm³/mol. The van der Waals surface area contributed by atoms with Crippen molar-refractivity contribution in [2.24, 2.45) is 11.5 Å². The maximum atomic E-state index is 5.85. The van der Waals surface area contributed by atoms with Gasteiger partial charge in [0.25, 0.3) is 0 Å². The summed E-state index contributed by atoms with van der Waals surface area (Å²) >= 11 is 0. The number of ether oxygens (including phenoxy) is 2. The van der Waals surface area contributed by atoms with Gasteiger partial charge in [-0.3, -0.25) is 0 Å². The summed E-state index contributed by atoms with van der Waals surface area (Å²) in [7, 11) is 3.12. The first kappa shape index (κ1) is 11.8. The molecule has 0 amide bonds. The minimum Gasteiger partial charge on any atom is -0.352 e. The molecule has 0 spiro atoms. The molecular weight excluding hydrogens is 156 g/mol. The van der Waals surface area contributed by atoms with E-state index in [1.165, 1.54) is 0 Å². The number of rotatable bonds is 5. The van der Waals surface area contributed by atoms with Crippen molar-refractivity contribution >= 4 is 0 Å². The van der Waals surface area contributed by atoms with Gasteiger partial charge in [0.2, 0.25) is 0 Å². The van der Waals surface area contributed by atoms with Gasteiger partial charge in [0.05, 0.1) is 6.04 Å². The molecule has 0 radical (unpaired) electrons. The van der Waals surface area contributed by atoms with Crippen molar-refractivity contribution in [2.45, 2.75) is 38.1 Å². The second-order valence-electron chi connectivity index (χ2n) is 3.02. The highest BCUT2D eigenvalue weighted by Gasteiger charge is 2.34. The van der Waals surface area contributed by atoms with Gasteiger partial charge in [-0.05, 0) is 13.3 Å². The van der Waals surface area contributed by atoms with Gasteiger partial charge in [0.1, 0.15) is 0 Å². The first-order valence-corrected chi connectivity index (χ1v) is 4.13. The van der Waals surface area contributed by atoms with Crippen LogP contribution in [0.25, 0.3) is 0 Å². The van der Waals surface area contributed by atoms with E-state index in [0.717, 1.165) is 6.42 Å². The monoisotopic (exact) mass is 176 g/mol. The molecule has 0 fully saturated rings. The first-order chi connectivity index (χ1) is 5.51. The molecule has 0 aliphatic carbocycles. The SMILES string of the molecule is CCC(N)C(N)C(C)(OC)OC. The molecule has 0 aliphatic rings. The molecule has 0 aromatic carbocycles. The Labute approximate surface area is 74.2 Å². The topological polar surface area (TPSA) is 70.5 Å². The Kier molecular flexibility index (Phi) is 4.70. The second kappa shape index (κ2) is 4.77. The summed E-state index contributed by atoms with van der Waals surface area (Å²) in [4.78, 5) is 0. The lowest BCUT2D eigenvalue weighted by Crippen LogP contribution is -2.57. The Bertz CT molecular complexity index is 126. The van der Waals surface area contributed by atoms with Crippen LogP contribution in [0.1, 0.15) is 20.3 Å². The van der Waals surface area contributed by atoms with Crippen LogP contribution in [0.3, 0.4) is 0 Å². The highest BCUT2D eigenvalue weighted by molar-refractivity contribution is 4.86. The quantitative estimate of drug-likeness (QED) is 0.581. The Balaban J connectivity index is 4.29. The van der Waals surface area contributed by atoms with Crippen molar-refractivity contribution in [3.8, 4) is 0 Å². The summed E-state index contributed by atoms with van der Waals surface area (Å²) in [5, 5.41) is 0. The molecule has 0 rings (SSSR count). The second-order valence-corrected chi connectivity index (χ2v) is 3.02. The van der Waals surface area contributed by atoms with E-state index in [1.807, 2.05) is 6.92 Å². The van der Waals surface area contributed by atoms with Gasteiger partial charge >= 0.3 is 0 Å². The maximum absolute atomic E-state index is 5.85. The molecule has 4 nitrogen and oxygen atoms in total. The van der Waals surface area contributed by atoms with Gasteiger partial charge in [-0.25, -0.2) is 0 Å². The Hall–Kier alpha value is -0.160. The molecule has 0 bridgehead atoms. The van der Waals surface area contributed by atoms with Gasteiger partial charge in [0, 0.05) is 20.3 Å². The summed E-state index contributed by atoms with van der Waals surface area (Å²) in [5.41, 5.74) is 11.6. The van der Waals surface area contributed by atoms with Crippen molar-refractivity contribution in [3.63, 3.8) is 0 Å². The lowest BCUT2D eigenvalue weighted by molar-refractivity contribution is -0.209. The number of methoxy groups -OCH3 is 2. The van der Waals surface area contributed by atoms with E-state index in [-0.39, 0.29) is 12.1 Å². The van der Waals surface area contributed by atoms with Gasteiger partial charge in [0.15, 0.2) is 5.79 Å². The van der Waals surface area contributed by atoms with Crippen LogP contribution in [-0.4, -0.2) is 32.1 Å². The molecule has 0 aromatic rings. The molecule has 0 aliphatic heterocycles. The first-order valence-electron chi connectivity index (χ1n) is 4.13. The van der Waals surface area contributed by atoms with Crippen molar-refractivity contribution in [2.75, 3.05) is 14.2 Å². The van der Waals surface area contributed by atoms with Crippen molar-refractivity contribution < 1.29 is 9.47 Å². The molecule has 4 heteroatoms. The van der Waals surface area contributed by atoms with Crippen LogP contribution < -0.4 is 11.5 Å². The average Bonchev–Trinajstić information content (AvgIpc) is 2.14. The fourth-order valence-corrected chi connectivity index (χ4v) is 0.998. The van der Waals surface area contributed by atoms with Crippen molar-refractivity contribution in [1.29, 1.82) is 0 Å². The molecule has 0 heterocycles. The van der Waals surface area contributed by atoms with Crippen LogP contribution in [0.15, 0.2) is 0 Å². The van der Waals surface area contributed by atoms with Gasteiger partial charge in [-0.15, -0.1) is 0 Å². The highest BCUT2D eigenvalue weighted by atomic mass is 16.7. The van der Waals surface area contributed by atoms with Crippen LogP contribution in [-0.2, 0) is 9.47 Å². The normalized spacial score (nSPS) is 17.5. The molecule has 74 valence electrons. The van der Waals surface area contributed by atoms with E-state index in [0.29, 0.717) is 0 Å². The molecule has 0 saturated carbocycles. The molecule has 12 heavy (non-hydrogen) atoms. The zero-order valence-corrected chi connectivity index (χ0v) is 8.33. The predicted octanol–water partition coefficient (Wildman–Crippen LogP) is 0.0600. The molecular formula is C8H20N2O2. The van der Waals surface area contributed by atoms with Crippen LogP contribution in [0.4, 0.5) is 0 Å². The largest absolute Gasteiger partial charge is 0.352 e. The zero-order valence-electron chi connectivity index (χ0n) is 8.33. The lowest BCUT2D eigenvalue weighted by atomic mass is 10.00. The minimum atomic E-state index is -0.782. The number of hydrogen-bond acceptors (Lipinski definition) is 4. The highest BCUT2D eigenvalue weighted by Crippen LogP contribution is 2.16. The standard InChI is InChI=1S/C8H20N2O2/c1-5-6(9)7(10)8(2,11-3)12-4/h6-7H,5,9-10H2,1-4H3. The Morgan fingerprint density at radius 3 is 1.92 bits per heavy atom. The van der Waals surface area contributed by atoms with E-state index in [4.69, 9.17) is 20.9 Å². The van der Waals surface area contributed by atoms with E-state index >= 15 is 0 Å². The maximum Gasteiger partial charge on any atom is 0.181 e. The third-order valence-electron chi connectivity index (χ3n) is 2.35. The van der Waals surface area contributed by atoms with Crippen LogP contribution >= 0.6 is 0 Å². The third kappa shape index (κ3) is 2.42. The lowest BCUT2D eigenvalue weighted by Gasteiger charge is -2.35. The van der Waals surface area contributed by atoms with Crippen molar-refractivity contribution in [3.05, 3.63) is 0 Å².